The molecule has 0 fully saturated rings. The van der Waals surface area contributed by atoms with E-state index in [4.69, 9.17) is 7.85 Å². The number of alkyl halides is 3. The predicted molar refractivity (Wildman–Crippen MR) is 36.8 cm³/mol. The van der Waals surface area contributed by atoms with Crippen LogP contribution in [0.2, 0.25) is 0 Å². The zero-order chi connectivity index (χ0) is 8.48. The number of halogens is 3. The highest BCUT2D eigenvalue weighted by Gasteiger charge is 2.31. The molecule has 0 aliphatic heterocycles. The Hall–Kier alpha value is -0.925. The Kier molecular flexibility index (Phi) is 1.93. The summed E-state index contributed by atoms with van der Waals surface area (Å²) < 4.78 is 35.9. The van der Waals surface area contributed by atoms with E-state index in [1.54, 1.807) is 0 Å². The number of rotatable bonds is 0. The van der Waals surface area contributed by atoms with Gasteiger partial charge in [0.2, 0.25) is 0 Å². The van der Waals surface area contributed by atoms with Crippen molar-refractivity contribution in [3.8, 4) is 0 Å². The second-order valence-corrected chi connectivity index (χ2v) is 2.09. The molecule has 56 valence electrons. The van der Waals surface area contributed by atoms with E-state index in [9.17, 15) is 13.2 Å². The molecule has 0 aromatic heterocycles. The molecule has 4 heteroatoms. The quantitative estimate of drug-likeness (QED) is 0.499. The SMILES string of the molecule is [B]c1ccccc1C(F)(F)F. The summed E-state index contributed by atoms with van der Waals surface area (Å²) in [6.07, 6.45) is -4.34. The largest absolute Gasteiger partial charge is 0.415 e. The summed E-state index contributed by atoms with van der Waals surface area (Å²) in [6.45, 7) is 0. The lowest BCUT2D eigenvalue weighted by Gasteiger charge is -2.08. The van der Waals surface area contributed by atoms with Crippen LogP contribution in [0.5, 0.6) is 0 Å². The molecule has 0 amide bonds. The smallest absolute Gasteiger partial charge is 0.166 e. The Morgan fingerprint density at radius 1 is 1.09 bits per heavy atom. The van der Waals surface area contributed by atoms with Crippen molar-refractivity contribution in [3.63, 3.8) is 0 Å². The third-order valence-corrected chi connectivity index (χ3v) is 1.27. The van der Waals surface area contributed by atoms with E-state index in [1.165, 1.54) is 18.2 Å². The van der Waals surface area contributed by atoms with Crippen molar-refractivity contribution in [1.82, 2.24) is 0 Å². The maximum Gasteiger partial charge on any atom is 0.415 e. The van der Waals surface area contributed by atoms with Crippen LogP contribution in [0.3, 0.4) is 0 Å². The van der Waals surface area contributed by atoms with Crippen LogP contribution in [0.4, 0.5) is 13.2 Å². The minimum Gasteiger partial charge on any atom is -0.166 e. The highest BCUT2D eigenvalue weighted by atomic mass is 19.4. The molecule has 0 unspecified atom stereocenters. The lowest BCUT2D eigenvalue weighted by Crippen LogP contribution is -2.18. The average molecular weight is 156 g/mol. The van der Waals surface area contributed by atoms with Crippen molar-refractivity contribution >= 4 is 13.3 Å². The monoisotopic (exact) mass is 156 g/mol. The summed E-state index contributed by atoms with van der Waals surface area (Å²) in [5, 5.41) is 0. The van der Waals surface area contributed by atoms with Gasteiger partial charge >= 0.3 is 6.18 Å². The van der Waals surface area contributed by atoms with Gasteiger partial charge < -0.3 is 0 Å². The zero-order valence-electron chi connectivity index (χ0n) is 5.52. The third-order valence-electron chi connectivity index (χ3n) is 1.27. The van der Waals surface area contributed by atoms with Crippen LogP contribution in [-0.2, 0) is 6.18 Å². The maximum absolute atomic E-state index is 12.0. The lowest BCUT2D eigenvalue weighted by molar-refractivity contribution is -0.136. The second-order valence-electron chi connectivity index (χ2n) is 2.09. The fraction of sp³-hybridized carbons (Fsp3) is 0.143. The molecule has 11 heavy (non-hydrogen) atoms. The zero-order valence-corrected chi connectivity index (χ0v) is 5.52. The van der Waals surface area contributed by atoms with Crippen LogP contribution in [0.25, 0.3) is 0 Å². The van der Waals surface area contributed by atoms with Gasteiger partial charge in [-0.3, -0.25) is 0 Å². The van der Waals surface area contributed by atoms with Crippen molar-refractivity contribution in [2.75, 3.05) is 0 Å². The summed E-state index contributed by atoms with van der Waals surface area (Å²) in [6, 6.07) is 4.95. The molecule has 0 heterocycles. The first-order valence-corrected chi connectivity index (χ1v) is 2.93. The van der Waals surface area contributed by atoms with Crippen LogP contribution in [0.1, 0.15) is 5.56 Å². The highest BCUT2D eigenvalue weighted by molar-refractivity contribution is 6.33. The molecule has 0 atom stereocenters. The number of benzene rings is 1. The Balaban J connectivity index is 3.14. The van der Waals surface area contributed by atoms with Gasteiger partial charge in [-0.1, -0.05) is 29.7 Å². The minimum atomic E-state index is -4.34. The van der Waals surface area contributed by atoms with Crippen molar-refractivity contribution in [2.24, 2.45) is 0 Å². The summed E-state index contributed by atoms with van der Waals surface area (Å²) in [5.41, 5.74) is -1.01. The van der Waals surface area contributed by atoms with Crippen LogP contribution in [0, 0.1) is 0 Å². The van der Waals surface area contributed by atoms with Gasteiger partial charge in [-0.15, -0.1) is 0 Å². The number of hydrogen-bond donors (Lipinski definition) is 0. The first-order valence-electron chi connectivity index (χ1n) is 2.93. The van der Waals surface area contributed by atoms with E-state index in [1.807, 2.05) is 0 Å². The van der Waals surface area contributed by atoms with Gasteiger partial charge in [-0.2, -0.15) is 13.2 Å². The van der Waals surface area contributed by atoms with Gasteiger partial charge in [0.25, 0.3) is 0 Å². The molecule has 0 saturated carbocycles. The Bertz CT molecular complexity index is 254. The average Bonchev–Trinajstić information content (AvgIpc) is 1.86. The first-order chi connectivity index (χ1) is 5.02. The molecular formula is C7H4BF3. The molecule has 0 spiro atoms. The standard InChI is InChI=1S/C7H4BF3/c8-6-4-2-1-3-5(6)7(9,10)11/h1-4H. The van der Waals surface area contributed by atoms with E-state index in [0.29, 0.717) is 0 Å². The maximum atomic E-state index is 12.0. The van der Waals surface area contributed by atoms with Gasteiger partial charge in [0.15, 0.2) is 0 Å². The summed E-state index contributed by atoms with van der Waals surface area (Å²) >= 11 is 0. The Morgan fingerprint density at radius 3 is 2.00 bits per heavy atom. The molecule has 1 aromatic rings. The normalized spacial score (nSPS) is 11.5. The van der Waals surface area contributed by atoms with E-state index >= 15 is 0 Å². The topological polar surface area (TPSA) is 0 Å². The van der Waals surface area contributed by atoms with Crippen LogP contribution in [0.15, 0.2) is 24.3 Å². The van der Waals surface area contributed by atoms with Gasteiger partial charge in [0, 0.05) is 5.56 Å². The summed E-state index contributed by atoms with van der Waals surface area (Å²) in [5.74, 6) is 0. The summed E-state index contributed by atoms with van der Waals surface area (Å²) in [7, 11) is 5.09. The van der Waals surface area contributed by atoms with Crippen molar-refractivity contribution in [1.29, 1.82) is 0 Å². The molecule has 0 aliphatic carbocycles. The van der Waals surface area contributed by atoms with Crippen molar-refractivity contribution in [2.45, 2.75) is 6.18 Å². The lowest BCUT2D eigenvalue weighted by atomic mass is 9.90. The van der Waals surface area contributed by atoms with Gasteiger partial charge in [-0.25, -0.2) is 0 Å². The Labute approximate surface area is 63.4 Å². The minimum absolute atomic E-state index is 0.236. The van der Waals surface area contributed by atoms with E-state index < -0.39 is 11.7 Å². The van der Waals surface area contributed by atoms with Gasteiger partial charge in [0.1, 0.15) is 7.85 Å². The third kappa shape index (κ3) is 1.76. The van der Waals surface area contributed by atoms with Crippen LogP contribution >= 0.6 is 0 Å². The molecule has 0 aliphatic rings. The molecule has 0 N–H and O–H groups in total. The fourth-order valence-corrected chi connectivity index (χ4v) is 0.755. The first kappa shape index (κ1) is 8.17. The second kappa shape index (κ2) is 2.60. The predicted octanol–water partition coefficient (Wildman–Crippen LogP) is 1.50. The fourth-order valence-electron chi connectivity index (χ4n) is 0.755. The molecule has 0 saturated heterocycles. The van der Waals surface area contributed by atoms with Crippen molar-refractivity contribution < 1.29 is 13.2 Å². The van der Waals surface area contributed by atoms with E-state index in [0.717, 1.165) is 6.07 Å². The van der Waals surface area contributed by atoms with Gasteiger partial charge in [-0.05, 0) is 0 Å². The highest BCUT2D eigenvalue weighted by Crippen LogP contribution is 2.26. The van der Waals surface area contributed by atoms with Crippen LogP contribution in [-0.4, -0.2) is 7.85 Å². The molecule has 1 rings (SSSR count). The molecule has 2 radical (unpaired) electrons. The number of hydrogen-bond acceptors (Lipinski definition) is 0. The summed E-state index contributed by atoms with van der Waals surface area (Å²) in [4.78, 5) is 0. The molecule has 0 bridgehead atoms. The van der Waals surface area contributed by atoms with Crippen molar-refractivity contribution in [3.05, 3.63) is 29.8 Å². The molecule has 1 aromatic carbocycles. The Morgan fingerprint density at radius 2 is 1.64 bits per heavy atom. The van der Waals surface area contributed by atoms with Gasteiger partial charge in [0.05, 0.1) is 0 Å². The van der Waals surface area contributed by atoms with E-state index in [2.05, 4.69) is 0 Å². The molecular weight excluding hydrogens is 152 g/mol. The van der Waals surface area contributed by atoms with E-state index in [-0.39, 0.29) is 5.46 Å². The molecule has 0 nitrogen and oxygen atoms in total. The van der Waals surface area contributed by atoms with Crippen LogP contribution < -0.4 is 5.46 Å².